The molecule has 1 atom stereocenters. The van der Waals surface area contributed by atoms with Gasteiger partial charge in [-0.15, -0.1) is 0 Å². The molecule has 1 aliphatic rings. The standard InChI is InChI=1S/C10H14N4O3/c1-13-6-7(5-11-13)12-10(17)14-4-2-3-8(14)9(15)16/h5-6,8H,2-4H2,1H3,(H,12,17)(H,15,16). The van der Waals surface area contributed by atoms with Gasteiger partial charge in [-0.3, -0.25) is 4.68 Å². The Hall–Kier alpha value is -2.05. The first-order chi connectivity index (χ1) is 8.08. The second-order valence-corrected chi connectivity index (χ2v) is 4.02. The molecule has 1 aliphatic heterocycles. The largest absolute Gasteiger partial charge is 0.480 e. The van der Waals surface area contributed by atoms with E-state index >= 15 is 0 Å². The molecule has 2 N–H and O–H groups in total. The number of nitrogens with zero attached hydrogens (tertiary/aromatic N) is 3. The van der Waals surface area contributed by atoms with Gasteiger partial charge >= 0.3 is 12.0 Å². The second kappa shape index (κ2) is 4.44. The number of anilines is 1. The molecule has 1 unspecified atom stereocenters. The van der Waals surface area contributed by atoms with Crippen LogP contribution in [0.2, 0.25) is 0 Å². The first-order valence-corrected chi connectivity index (χ1v) is 5.37. The van der Waals surface area contributed by atoms with Crippen LogP contribution in [0.5, 0.6) is 0 Å². The summed E-state index contributed by atoms with van der Waals surface area (Å²) in [7, 11) is 1.74. The van der Waals surface area contributed by atoms with Crippen LogP contribution < -0.4 is 5.32 Å². The number of urea groups is 1. The van der Waals surface area contributed by atoms with Crippen LogP contribution >= 0.6 is 0 Å². The highest BCUT2D eigenvalue weighted by atomic mass is 16.4. The number of aromatic nitrogens is 2. The topological polar surface area (TPSA) is 87.5 Å². The molecule has 1 aromatic heterocycles. The van der Waals surface area contributed by atoms with Gasteiger partial charge in [0.1, 0.15) is 6.04 Å². The zero-order chi connectivity index (χ0) is 12.4. The van der Waals surface area contributed by atoms with Gasteiger partial charge in [-0.2, -0.15) is 5.10 Å². The number of carboxylic acids is 1. The Labute approximate surface area is 98.0 Å². The molecule has 0 spiro atoms. The molecule has 0 radical (unpaired) electrons. The third kappa shape index (κ3) is 2.38. The molecule has 7 nitrogen and oxygen atoms in total. The van der Waals surface area contributed by atoms with Gasteiger partial charge in [-0.05, 0) is 12.8 Å². The number of carbonyl (C=O) groups is 2. The normalized spacial score (nSPS) is 19.4. The molecular formula is C10H14N4O3. The van der Waals surface area contributed by atoms with Gasteiger partial charge in [0, 0.05) is 19.8 Å². The number of carboxylic acid groups (broad SMARTS) is 1. The van der Waals surface area contributed by atoms with E-state index < -0.39 is 12.0 Å². The van der Waals surface area contributed by atoms with Gasteiger partial charge in [0.05, 0.1) is 11.9 Å². The third-order valence-corrected chi connectivity index (χ3v) is 2.75. The Balaban J connectivity index is 2.02. The molecular weight excluding hydrogens is 224 g/mol. The van der Waals surface area contributed by atoms with Gasteiger partial charge in [0.2, 0.25) is 0 Å². The molecule has 92 valence electrons. The van der Waals surface area contributed by atoms with Crippen molar-refractivity contribution in [3.8, 4) is 0 Å². The van der Waals surface area contributed by atoms with Crippen molar-refractivity contribution in [3.05, 3.63) is 12.4 Å². The SMILES string of the molecule is Cn1cc(NC(=O)N2CCCC2C(=O)O)cn1. The average Bonchev–Trinajstić information content (AvgIpc) is 2.86. The summed E-state index contributed by atoms with van der Waals surface area (Å²) in [5.41, 5.74) is 0.563. The number of carbonyl (C=O) groups excluding carboxylic acids is 1. The maximum Gasteiger partial charge on any atom is 0.326 e. The fraction of sp³-hybridized carbons (Fsp3) is 0.500. The molecule has 1 fully saturated rings. The van der Waals surface area contributed by atoms with E-state index in [0.29, 0.717) is 18.7 Å². The number of likely N-dealkylation sites (tertiary alicyclic amines) is 1. The maximum atomic E-state index is 11.9. The van der Waals surface area contributed by atoms with Gasteiger partial charge in [0.25, 0.3) is 0 Å². The Kier molecular flexibility index (Phi) is 2.99. The summed E-state index contributed by atoms with van der Waals surface area (Å²) >= 11 is 0. The lowest BCUT2D eigenvalue weighted by molar-refractivity contribution is -0.141. The number of hydrogen-bond donors (Lipinski definition) is 2. The number of aliphatic carboxylic acids is 1. The van der Waals surface area contributed by atoms with Gasteiger partial charge in [-0.25, -0.2) is 9.59 Å². The first kappa shape index (κ1) is 11.4. The van der Waals surface area contributed by atoms with Crippen molar-refractivity contribution in [2.24, 2.45) is 7.05 Å². The molecule has 2 amide bonds. The zero-order valence-corrected chi connectivity index (χ0v) is 9.46. The maximum absolute atomic E-state index is 11.9. The Bertz CT molecular complexity index is 443. The lowest BCUT2D eigenvalue weighted by Gasteiger charge is -2.21. The number of amides is 2. The predicted molar refractivity (Wildman–Crippen MR) is 59.6 cm³/mol. The van der Waals surface area contributed by atoms with E-state index in [1.54, 1.807) is 17.9 Å². The van der Waals surface area contributed by atoms with Crippen molar-refractivity contribution >= 4 is 17.7 Å². The van der Waals surface area contributed by atoms with E-state index in [-0.39, 0.29) is 6.03 Å². The fourth-order valence-corrected chi connectivity index (χ4v) is 1.95. The van der Waals surface area contributed by atoms with E-state index in [9.17, 15) is 9.59 Å². The highest BCUT2D eigenvalue weighted by Crippen LogP contribution is 2.18. The predicted octanol–water partition coefficient (Wildman–Crippen LogP) is 0.501. The van der Waals surface area contributed by atoms with Gasteiger partial charge in [-0.1, -0.05) is 0 Å². The molecule has 1 aromatic rings. The van der Waals surface area contributed by atoms with Gasteiger partial charge < -0.3 is 15.3 Å². The summed E-state index contributed by atoms with van der Waals surface area (Å²) in [6.07, 6.45) is 4.40. The number of rotatable bonds is 2. The van der Waals surface area contributed by atoms with Crippen molar-refractivity contribution in [2.45, 2.75) is 18.9 Å². The van der Waals surface area contributed by atoms with Crippen molar-refractivity contribution in [3.63, 3.8) is 0 Å². The highest BCUT2D eigenvalue weighted by molar-refractivity contribution is 5.92. The molecule has 2 heterocycles. The monoisotopic (exact) mass is 238 g/mol. The molecule has 0 aromatic carbocycles. The molecule has 0 bridgehead atoms. The van der Waals surface area contributed by atoms with Gasteiger partial charge in [0.15, 0.2) is 0 Å². The molecule has 2 rings (SSSR count). The van der Waals surface area contributed by atoms with Crippen LogP contribution in [-0.2, 0) is 11.8 Å². The third-order valence-electron chi connectivity index (χ3n) is 2.75. The second-order valence-electron chi connectivity index (χ2n) is 4.02. The Morgan fingerprint density at radius 2 is 2.35 bits per heavy atom. The Morgan fingerprint density at radius 3 is 2.94 bits per heavy atom. The zero-order valence-electron chi connectivity index (χ0n) is 9.46. The summed E-state index contributed by atoms with van der Waals surface area (Å²) in [5.74, 6) is -0.955. The number of nitrogens with one attached hydrogen (secondary N) is 1. The lowest BCUT2D eigenvalue weighted by atomic mass is 10.2. The number of aryl methyl sites for hydroxylation is 1. The van der Waals surface area contributed by atoms with Crippen LogP contribution in [0.15, 0.2) is 12.4 Å². The summed E-state index contributed by atoms with van der Waals surface area (Å²) in [6.45, 7) is 0.475. The molecule has 1 saturated heterocycles. The van der Waals surface area contributed by atoms with E-state index in [4.69, 9.17) is 5.11 Å². The van der Waals surface area contributed by atoms with E-state index in [1.165, 1.54) is 11.1 Å². The fourth-order valence-electron chi connectivity index (χ4n) is 1.95. The minimum absolute atomic E-state index is 0.386. The summed E-state index contributed by atoms with van der Waals surface area (Å²) in [4.78, 5) is 24.1. The average molecular weight is 238 g/mol. The van der Waals surface area contributed by atoms with E-state index in [2.05, 4.69) is 10.4 Å². The lowest BCUT2D eigenvalue weighted by Crippen LogP contribution is -2.42. The Morgan fingerprint density at radius 1 is 1.59 bits per heavy atom. The molecule has 0 saturated carbocycles. The van der Waals surface area contributed by atoms with E-state index in [1.807, 2.05) is 0 Å². The van der Waals surface area contributed by atoms with Crippen LogP contribution in [0, 0.1) is 0 Å². The minimum atomic E-state index is -0.955. The highest BCUT2D eigenvalue weighted by Gasteiger charge is 2.33. The van der Waals surface area contributed by atoms with Crippen molar-refractivity contribution in [1.29, 1.82) is 0 Å². The van der Waals surface area contributed by atoms with Crippen molar-refractivity contribution in [1.82, 2.24) is 14.7 Å². The molecule has 0 aliphatic carbocycles. The van der Waals surface area contributed by atoms with E-state index in [0.717, 1.165) is 6.42 Å². The molecule has 17 heavy (non-hydrogen) atoms. The minimum Gasteiger partial charge on any atom is -0.480 e. The number of hydrogen-bond acceptors (Lipinski definition) is 3. The quantitative estimate of drug-likeness (QED) is 0.785. The molecule has 7 heteroatoms. The van der Waals surface area contributed by atoms with Crippen molar-refractivity contribution in [2.75, 3.05) is 11.9 Å². The van der Waals surface area contributed by atoms with Crippen LogP contribution in [0.25, 0.3) is 0 Å². The smallest absolute Gasteiger partial charge is 0.326 e. The van der Waals surface area contributed by atoms with Crippen LogP contribution in [0.3, 0.4) is 0 Å². The van der Waals surface area contributed by atoms with Crippen LogP contribution in [0.1, 0.15) is 12.8 Å². The summed E-state index contributed by atoms with van der Waals surface area (Å²) in [6, 6.07) is -1.10. The summed E-state index contributed by atoms with van der Waals surface area (Å²) in [5, 5.41) is 15.5. The first-order valence-electron chi connectivity index (χ1n) is 5.37. The summed E-state index contributed by atoms with van der Waals surface area (Å²) < 4.78 is 1.56. The van der Waals surface area contributed by atoms with Crippen molar-refractivity contribution < 1.29 is 14.7 Å². The van der Waals surface area contributed by atoms with Crippen LogP contribution in [0.4, 0.5) is 10.5 Å². The van der Waals surface area contributed by atoms with Crippen LogP contribution in [-0.4, -0.2) is 44.4 Å².